The molecule has 0 radical (unpaired) electrons. The van der Waals surface area contributed by atoms with Crippen molar-refractivity contribution in [3.8, 4) is 11.1 Å². The number of rotatable bonds is 6. The molecule has 0 spiro atoms. The van der Waals surface area contributed by atoms with E-state index in [-0.39, 0.29) is 18.9 Å². The van der Waals surface area contributed by atoms with Crippen molar-refractivity contribution in [2.75, 3.05) is 6.61 Å². The summed E-state index contributed by atoms with van der Waals surface area (Å²) in [5.74, 6) is -1.19. The number of aliphatic carboxylic acids is 1. The van der Waals surface area contributed by atoms with E-state index >= 15 is 0 Å². The minimum Gasteiger partial charge on any atom is -0.480 e. The molecule has 0 saturated carbocycles. The number of aromatic nitrogens is 1. The highest BCUT2D eigenvalue weighted by molar-refractivity contribution is 5.87. The molecular weight excluding hydrogens is 428 g/mol. The SMILES string of the molecule is Cc1ccc2c(c1)-c1ccccc1C2COC(=O)N[C@@H](Cc1c(C)[nH]c2ccccc12)C(=O)O. The number of amides is 1. The highest BCUT2D eigenvalue weighted by Crippen LogP contribution is 2.45. The van der Waals surface area contributed by atoms with E-state index in [4.69, 9.17) is 4.74 Å². The van der Waals surface area contributed by atoms with E-state index in [0.717, 1.165) is 44.4 Å². The number of carbonyl (C=O) groups excluding carboxylic acids is 1. The van der Waals surface area contributed by atoms with E-state index in [0.29, 0.717) is 0 Å². The predicted octanol–water partition coefficient (Wildman–Crippen LogP) is 5.32. The molecule has 1 heterocycles. The van der Waals surface area contributed by atoms with Crippen LogP contribution in [0.25, 0.3) is 22.0 Å². The van der Waals surface area contributed by atoms with Gasteiger partial charge < -0.3 is 20.1 Å². The fourth-order valence-electron chi connectivity index (χ4n) is 4.95. The van der Waals surface area contributed by atoms with Crippen molar-refractivity contribution in [1.82, 2.24) is 10.3 Å². The van der Waals surface area contributed by atoms with Crippen molar-refractivity contribution in [1.29, 1.82) is 0 Å². The number of carbonyl (C=O) groups is 2. The number of para-hydroxylation sites is 1. The van der Waals surface area contributed by atoms with Gasteiger partial charge >= 0.3 is 12.1 Å². The van der Waals surface area contributed by atoms with E-state index in [1.165, 1.54) is 5.56 Å². The number of nitrogens with one attached hydrogen (secondary N) is 2. The number of carboxylic acid groups (broad SMARTS) is 1. The van der Waals surface area contributed by atoms with Gasteiger partial charge in [0, 0.05) is 28.9 Å². The maximum absolute atomic E-state index is 12.7. The summed E-state index contributed by atoms with van der Waals surface area (Å²) in [4.78, 5) is 27.9. The third-order valence-corrected chi connectivity index (χ3v) is 6.62. The van der Waals surface area contributed by atoms with Crippen molar-refractivity contribution < 1.29 is 19.4 Å². The normalized spacial score (nSPS) is 14.9. The number of ether oxygens (including phenoxy) is 1. The topological polar surface area (TPSA) is 91.4 Å². The van der Waals surface area contributed by atoms with Crippen LogP contribution in [0.15, 0.2) is 66.7 Å². The second-order valence-corrected chi connectivity index (χ2v) is 8.84. The largest absolute Gasteiger partial charge is 0.480 e. The molecule has 0 fully saturated rings. The highest BCUT2D eigenvalue weighted by atomic mass is 16.5. The van der Waals surface area contributed by atoms with Crippen LogP contribution < -0.4 is 5.32 Å². The average molecular weight is 455 g/mol. The zero-order valence-corrected chi connectivity index (χ0v) is 19.1. The molecule has 3 N–H and O–H groups in total. The van der Waals surface area contributed by atoms with Crippen LogP contribution >= 0.6 is 0 Å². The standard InChI is InChI=1S/C28H26N2O4/c1-16-11-12-20-23(13-16)18-7-3-4-8-19(18)24(20)15-34-28(33)30-26(27(31)32)14-22-17(2)29-25-10-6-5-9-21(22)25/h3-13,24,26,29H,14-15H2,1-2H3,(H,30,33)(H,31,32)/t24?,26-/m0/s1. The first-order valence-corrected chi connectivity index (χ1v) is 11.3. The van der Waals surface area contributed by atoms with Crippen LogP contribution in [-0.2, 0) is 16.0 Å². The number of H-pyrrole nitrogens is 1. The first-order chi connectivity index (χ1) is 16.4. The van der Waals surface area contributed by atoms with Gasteiger partial charge in [-0.05, 0) is 47.7 Å². The molecule has 1 amide bonds. The van der Waals surface area contributed by atoms with E-state index < -0.39 is 18.1 Å². The molecule has 1 aromatic heterocycles. The molecule has 4 aromatic rings. The number of aromatic amines is 1. The maximum Gasteiger partial charge on any atom is 0.407 e. The third-order valence-electron chi connectivity index (χ3n) is 6.62. The summed E-state index contributed by atoms with van der Waals surface area (Å²) in [5.41, 5.74) is 8.40. The molecule has 0 aliphatic heterocycles. The van der Waals surface area contributed by atoms with Gasteiger partial charge in [-0.3, -0.25) is 0 Å². The van der Waals surface area contributed by atoms with Crippen molar-refractivity contribution in [3.05, 3.63) is 94.7 Å². The lowest BCUT2D eigenvalue weighted by molar-refractivity contribution is -0.139. The zero-order valence-electron chi connectivity index (χ0n) is 19.1. The van der Waals surface area contributed by atoms with Gasteiger partial charge in [-0.2, -0.15) is 0 Å². The Hall–Kier alpha value is -4.06. The lowest BCUT2D eigenvalue weighted by atomic mass is 9.97. The fraction of sp³-hybridized carbons (Fsp3) is 0.214. The maximum atomic E-state index is 12.7. The van der Waals surface area contributed by atoms with E-state index in [1.807, 2.05) is 43.3 Å². The summed E-state index contributed by atoms with van der Waals surface area (Å²) in [6, 6.07) is 21.0. The summed E-state index contributed by atoms with van der Waals surface area (Å²) in [6.07, 6.45) is -0.572. The molecule has 0 bridgehead atoms. The molecule has 1 aliphatic carbocycles. The Balaban J connectivity index is 1.31. The van der Waals surface area contributed by atoms with Crippen molar-refractivity contribution in [3.63, 3.8) is 0 Å². The van der Waals surface area contributed by atoms with Crippen LogP contribution in [0.3, 0.4) is 0 Å². The molecule has 2 atom stereocenters. The van der Waals surface area contributed by atoms with Crippen LogP contribution in [0.4, 0.5) is 4.79 Å². The molecule has 0 saturated heterocycles. The summed E-state index contributed by atoms with van der Waals surface area (Å²) >= 11 is 0. The lowest BCUT2D eigenvalue weighted by Gasteiger charge is -2.18. The smallest absolute Gasteiger partial charge is 0.407 e. The van der Waals surface area contributed by atoms with Crippen molar-refractivity contribution >= 4 is 23.0 Å². The third kappa shape index (κ3) is 3.92. The summed E-state index contributed by atoms with van der Waals surface area (Å²) in [5, 5.41) is 13.3. The van der Waals surface area contributed by atoms with E-state index in [9.17, 15) is 14.7 Å². The average Bonchev–Trinajstić information content (AvgIpc) is 3.31. The van der Waals surface area contributed by atoms with Gasteiger partial charge in [0.15, 0.2) is 0 Å². The molecule has 1 aliphatic rings. The van der Waals surface area contributed by atoms with Crippen molar-refractivity contribution in [2.24, 2.45) is 0 Å². The van der Waals surface area contributed by atoms with Gasteiger partial charge in [0.1, 0.15) is 12.6 Å². The number of hydrogen-bond donors (Lipinski definition) is 3. The van der Waals surface area contributed by atoms with Gasteiger partial charge in [-0.25, -0.2) is 9.59 Å². The van der Waals surface area contributed by atoms with Gasteiger partial charge in [-0.1, -0.05) is 66.2 Å². The number of aryl methyl sites for hydroxylation is 2. The van der Waals surface area contributed by atoms with Gasteiger partial charge in [0.2, 0.25) is 0 Å². The Morgan fingerprint density at radius 3 is 2.56 bits per heavy atom. The molecule has 6 heteroatoms. The second-order valence-electron chi connectivity index (χ2n) is 8.84. The summed E-state index contributed by atoms with van der Waals surface area (Å²) in [7, 11) is 0. The summed E-state index contributed by atoms with van der Waals surface area (Å²) in [6.45, 7) is 4.10. The molecule has 6 nitrogen and oxygen atoms in total. The Morgan fingerprint density at radius 2 is 1.74 bits per heavy atom. The minimum atomic E-state index is -1.10. The van der Waals surface area contributed by atoms with Crippen molar-refractivity contribution in [2.45, 2.75) is 32.2 Å². The number of fused-ring (bicyclic) bond motifs is 4. The Kier molecular flexibility index (Phi) is 5.57. The number of benzene rings is 3. The summed E-state index contributed by atoms with van der Waals surface area (Å²) < 4.78 is 5.57. The number of hydrogen-bond acceptors (Lipinski definition) is 3. The van der Waals surface area contributed by atoms with E-state index in [1.54, 1.807) is 0 Å². The van der Waals surface area contributed by atoms with Gasteiger partial charge in [-0.15, -0.1) is 0 Å². The van der Waals surface area contributed by atoms with E-state index in [2.05, 4.69) is 47.6 Å². The monoisotopic (exact) mass is 454 g/mol. The predicted molar refractivity (Wildman–Crippen MR) is 131 cm³/mol. The highest BCUT2D eigenvalue weighted by Gasteiger charge is 2.30. The van der Waals surface area contributed by atoms with Crippen LogP contribution in [0, 0.1) is 13.8 Å². The molecule has 172 valence electrons. The molecule has 5 rings (SSSR count). The zero-order chi connectivity index (χ0) is 23.8. The molecule has 1 unspecified atom stereocenters. The molecule has 3 aromatic carbocycles. The first kappa shape index (κ1) is 21.8. The quantitative estimate of drug-likeness (QED) is 0.368. The molecular formula is C28H26N2O4. The lowest BCUT2D eigenvalue weighted by Crippen LogP contribution is -2.43. The fourth-order valence-corrected chi connectivity index (χ4v) is 4.95. The minimum absolute atomic E-state index is 0.0864. The number of alkyl carbamates (subject to hydrolysis) is 1. The Morgan fingerprint density at radius 1 is 1.00 bits per heavy atom. The first-order valence-electron chi connectivity index (χ1n) is 11.3. The second kappa shape index (κ2) is 8.71. The van der Waals surface area contributed by atoms with Crippen LogP contribution in [-0.4, -0.2) is 34.8 Å². The Labute approximate surface area is 197 Å². The van der Waals surface area contributed by atoms with Crippen LogP contribution in [0.5, 0.6) is 0 Å². The van der Waals surface area contributed by atoms with Gasteiger partial charge in [0.25, 0.3) is 0 Å². The Bertz CT molecular complexity index is 1400. The van der Waals surface area contributed by atoms with Gasteiger partial charge in [0.05, 0.1) is 0 Å². The van der Waals surface area contributed by atoms with Crippen LogP contribution in [0.2, 0.25) is 0 Å². The van der Waals surface area contributed by atoms with Crippen LogP contribution in [0.1, 0.15) is 33.9 Å². The molecule has 34 heavy (non-hydrogen) atoms. The number of carboxylic acids is 1.